The number of aliphatic hydroxyl groups is 1. The highest BCUT2D eigenvalue weighted by Crippen LogP contribution is 2.25. The van der Waals surface area contributed by atoms with Crippen molar-refractivity contribution >= 4 is 142 Å². The summed E-state index contributed by atoms with van der Waals surface area (Å²) >= 11 is 8.40. The van der Waals surface area contributed by atoms with Crippen LogP contribution in [0.4, 0.5) is 0 Å². The molecule has 0 saturated carbocycles. The van der Waals surface area contributed by atoms with Gasteiger partial charge in [0.2, 0.25) is 76.8 Å². The van der Waals surface area contributed by atoms with Gasteiger partial charge in [-0.2, -0.15) is 25.3 Å². The lowest BCUT2D eigenvalue weighted by atomic mass is 9.98. The molecular weight excluding hydrogens is 1630 g/mol. The van der Waals surface area contributed by atoms with Crippen LogP contribution in [0.3, 0.4) is 0 Å². The van der Waals surface area contributed by atoms with Crippen LogP contribution in [0.1, 0.15) is 111 Å². The highest BCUT2D eigenvalue weighted by molar-refractivity contribution is 7.80. The third-order valence-electron chi connectivity index (χ3n) is 18.8. The van der Waals surface area contributed by atoms with Crippen LogP contribution in [0.15, 0.2) is 73.4 Å². The van der Waals surface area contributed by atoms with E-state index in [9.17, 15) is 87.2 Å². The molecule has 0 radical (unpaired) electrons. The summed E-state index contributed by atoms with van der Waals surface area (Å²) in [6.45, 7) is 14.5. The summed E-state index contributed by atoms with van der Waals surface area (Å²) < 4.78 is 18.5. The molecule has 20 N–H and O–H groups in total. The lowest BCUT2D eigenvalue weighted by Crippen LogP contribution is -2.62. The molecule has 40 nitrogen and oxygen atoms in total. The number of nitrogens with zero attached hydrogens (tertiary/aromatic N) is 2. The van der Waals surface area contributed by atoms with Crippen LogP contribution in [0.5, 0.6) is 0 Å². The zero-order chi connectivity index (χ0) is 90.4. The highest BCUT2D eigenvalue weighted by atomic mass is 32.1. The van der Waals surface area contributed by atoms with Crippen molar-refractivity contribution in [1.82, 2.24) is 88.6 Å². The van der Waals surface area contributed by atoms with E-state index in [0.717, 1.165) is 6.92 Å². The molecular formula is C80H114N18O22S2. The Bertz CT molecular complexity index is 4450. The zero-order valence-corrected chi connectivity index (χ0v) is 71.2. The van der Waals surface area contributed by atoms with Gasteiger partial charge in [-0.15, -0.1) is 6.42 Å². The molecule has 0 saturated heterocycles. The summed E-state index contributed by atoms with van der Waals surface area (Å²) in [6.07, 6.45) is 6.84. The van der Waals surface area contributed by atoms with Crippen molar-refractivity contribution in [3.05, 3.63) is 90.3 Å². The Morgan fingerprint density at radius 2 is 1.03 bits per heavy atom. The smallest absolute Gasteiger partial charge is 0.305 e. The highest BCUT2D eigenvalue weighted by Gasteiger charge is 2.39. The van der Waals surface area contributed by atoms with E-state index in [0.29, 0.717) is 58.4 Å². The Hall–Kier alpha value is -11.5. The van der Waals surface area contributed by atoms with E-state index in [2.05, 4.69) is 110 Å². The zero-order valence-electron chi connectivity index (χ0n) is 69.4. The minimum absolute atomic E-state index is 0.0769. The predicted molar refractivity (Wildman–Crippen MR) is 450 cm³/mol. The van der Waals surface area contributed by atoms with Crippen LogP contribution in [0, 0.1) is 30.1 Å². The molecule has 122 heavy (non-hydrogen) atoms. The van der Waals surface area contributed by atoms with Gasteiger partial charge in [-0.1, -0.05) is 83.9 Å². The number of aliphatic carboxylic acids is 2. The molecule has 13 atom stereocenters. The van der Waals surface area contributed by atoms with Gasteiger partial charge in [0.15, 0.2) is 0 Å². The molecule has 5 aromatic rings. The second-order valence-electron chi connectivity index (χ2n) is 30.2. The van der Waals surface area contributed by atoms with Crippen LogP contribution in [0.2, 0.25) is 0 Å². The van der Waals surface area contributed by atoms with Crippen molar-refractivity contribution in [3.63, 3.8) is 0 Å². The number of ether oxygens (including phenoxy) is 3. The predicted octanol–water partition coefficient (Wildman–Crippen LogP) is -2.66. The third-order valence-corrected chi connectivity index (χ3v) is 19.5. The number of H-pyrrole nitrogens is 2. The number of carboxylic acids is 2. The van der Waals surface area contributed by atoms with Gasteiger partial charge in [-0.3, -0.25) is 82.0 Å². The van der Waals surface area contributed by atoms with Gasteiger partial charge in [-0.25, -0.2) is 4.98 Å². The van der Waals surface area contributed by atoms with E-state index < -0.39 is 205 Å². The van der Waals surface area contributed by atoms with Crippen molar-refractivity contribution in [3.8, 4) is 12.3 Å². The summed E-state index contributed by atoms with van der Waals surface area (Å²) in [5, 5.41) is 63.2. The fraction of sp³-hybridized carbons (Fsp3) is 0.537. The number of nitrogens with two attached hydrogens (primary N) is 1. The number of hydrogen-bond donors (Lipinski definition) is 21. The number of amides is 14. The van der Waals surface area contributed by atoms with Crippen LogP contribution in [0.25, 0.3) is 21.8 Å². The number of thiol groups is 2. The number of aromatic nitrogens is 4. The fourth-order valence-electron chi connectivity index (χ4n) is 12.5. The number of aliphatic hydroxyl groups excluding tert-OH is 1. The molecule has 3 aromatic heterocycles. The second-order valence-corrected chi connectivity index (χ2v) is 30.9. The molecule has 0 bridgehead atoms. The van der Waals surface area contributed by atoms with E-state index in [1.165, 1.54) is 26.4 Å². The van der Waals surface area contributed by atoms with Crippen molar-refractivity contribution in [2.75, 3.05) is 57.7 Å². The molecule has 668 valence electrons. The molecule has 0 aliphatic carbocycles. The molecule has 0 aliphatic rings. The minimum Gasteiger partial charge on any atom is -0.481 e. The maximum Gasteiger partial charge on any atom is 0.305 e. The van der Waals surface area contributed by atoms with Crippen molar-refractivity contribution in [2.24, 2.45) is 23.5 Å². The number of aromatic amines is 2. The second kappa shape index (κ2) is 51.3. The Morgan fingerprint density at radius 1 is 0.533 bits per heavy atom. The lowest BCUT2D eigenvalue weighted by molar-refractivity contribution is -0.140. The molecule has 0 fully saturated rings. The maximum absolute atomic E-state index is 15.1. The number of fused-ring (bicyclic) bond motifs is 2. The summed E-state index contributed by atoms with van der Waals surface area (Å²) in [4.78, 5) is 228. The van der Waals surface area contributed by atoms with Gasteiger partial charge in [0.25, 0.3) is 5.91 Å². The maximum atomic E-state index is 15.1. The van der Waals surface area contributed by atoms with Crippen molar-refractivity contribution < 1.29 is 106 Å². The summed E-state index contributed by atoms with van der Waals surface area (Å²) in [5.41, 5.74) is 8.49. The van der Waals surface area contributed by atoms with Crippen LogP contribution < -0.4 is 74.9 Å². The first-order chi connectivity index (χ1) is 57.8. The number of hydrogen-bond acceptors (Lipinski definition) is 24. The topological polar surface area (TPSA) is 593 Å². The van der Waals surface area contributed by atoms with E-state index in [1.807, 2.05) is 16.0 Å². The number of benzene rings is 2. The molecule has 3 heterocycles. The fourth-order valence-corrected chi connectivity index (χ4v) is 13.1. The quantitative estimate of drug-likeness (QED) is 0.0107. The van der Waals surface area contributed by atoms with Crippen LogP contribution >= 0.6 is 25.3 Å². The molecule has 5 rings (SSSR count). The van der Waals surface area contributed by atoms with Gasteiger partial charge in [0.05, 0.1) is 64.5 Å². The first-order valence-corrected chi connectivity index (χ1v) is 40.9. The number of imidazole rings is 1. The third kappa shape index (κ3) is 33.8. The van der Waals surface area contributed by atoms with Crippen molar-refractivity contribution in [1.29, 1.82) is 0 Å². The number of carbonyl (C=O) groups excluding carboxylic acids is 14. The molecule has 14 amide bonds. The minimum atomic E-state index is -1.69. The van der Waals surface area contributed by atoms with Gasteiger partial charge in [0, 0.05) is 96.7 Å². The van der Waals surface area contributed by atoms with E-state index in [4.69, 9.17) is 26.4 Å². The van der Waals surface area contributed by atoms with Gasteiger partial charge in [-0.05, 0) is 74.1 Å². The van der Waals surface area contributed by atoms with Gasteiger partial charge >= 0.3 is 11.9 Å². The largest absolute Gasteiger partial charge is 0.481 e. The number of imide groups is 1. The number of rotatable bonds is 54. The van der Waals surface area contributed by atoms with Crippen molar-refractivity contribution in [2.45, 2.75) is 199 Å². The standard InChI is InChI=1S/C80H114N18O22S2/c1-11-23-118-25-27-120-28-26-119-24-22-98-38-49(52-17-13-15-19-63(52)98)32-59(89-69(106)45(8)86-77(114)61(39-121)94-70(107)53(81)34-66(104)105)73(110)92-60(33-50-36-82-41-85-50)75(112)90-56(29-42(2)3)71(108)84-37-64(101)88-55(20-21-65(102)103)72(109)91-57(30-43(4)5)76(113)96-67(44(6)7)79(116)93-58(31-48-35-83-54-18-14-12-16-51(48)54)74(111)95-62(40-122)78(115)97-68(46(9)99)80(117)87-47(10)100/h1,12-19,35-36,38,41-46,53,55-62,67-68,83,99,121-122H,20-34,37,39-40,81H2,2-10H3,(H,82,85)(H,84,108)(H,86,114)(H,88,101)(H,89,106)(H,90,112)(H,91,109)(H,92,110)(H,93,116)(H,94,107)(H,95,111)(H,96,113)(H,97,115)(H,102,103)(H,104,105)(H,87,100,117)/t45-,46+,53-,55-,56-,57-,58-,59-,60-,61-,62-,67-,68-/m0/s1. The van der Waals surface area contributed by atoms with Gasteiger partial charge in [0.1, 0.15) is 73.1 Å². The van der Waals surface area contributed by atoms with E-state index >= 15 is 4.79 Å². The number of carbonyl (C=O) groups is 16. The molecule has 0 unspecified atom stereocenters. The Morgan fingerprint density at radius 3 is 1.60 bits per heavy atom. The normalized spacial score (nSPS) is 14.5. The molecule has 42 heteroatoms. The lowest BCUT2D eigenvalue weighted by Gasteiger charge is -2.29. The van der Waals surface area contributed by atoms with Crippen LogP contribution in [-0.4, -0.2) is 266 Å². The SMILES string of the molecule is C#CCOCCOCCOCCn1cc(C[C@H](NC(=O)[C@H](C)NC(=O)[C@H](CS)NC(=O)[C@@H](N)CC(=O)O)C(=O)N[C@@H](Cc2cnc[nH]2)C(=O)N[C@@H](CC(C)C)C(=O)NCC(=O)N[C@@H](CCC(=O)O)C(=O)N[C@@H](CC(C)C)C(=O)N[C@H](C(=O)N[C@@H](Cc2c[nH]c3ccccc23)C(=O)N[C@@H](CS)C(=O)N[C@H](C(=O)NC(C)=O)[C@@H](C)O)C(C)C)c2ccccc21. The number of para-hydroxylation sites is 2. The Kier molecular flexibility index (Phi) is 42.5. The summed E-state index contributed by atoms with van der Waals surface area (Å²) in [5.74, 6) is -15.8. The number of terminal acetylenes is 1. The average molecular weight is 1740 g/mol. The first kappa shape index (κ1) is 101. The Labute approximate surface area is 715 Å². The monoisotopic (exact) mass is 1740 g/mol. The molecule has 2 aromatic carbocycles. The average Bonchev–Trinajstić information content (AvgIpc) is 1.65. The van der Waals surface area contributed by atoms with Gasteiger partial charge < -0.3 is 114 Å². The molecule has 0 spiro atoms. The number of carboxylic acid groups (broad SMARTS) is 2. The van der Waals surface area contributed by atoms with E-state index in [-0.39, 0.29) is 81.9 Å². The molecule has 0 aliphatic heterocycles. The van der Waals surface area contributed by atoms with Crippen LogP contribution in [-0.2, 0) is 117 Å². The van der Waals surface area contributed by atoms with E-state index in [1.54, 1.807) is 96.4 Å². The Balaban J connectivity index is 1.36. The number of nitrogens with one attached hydrogen (secondary N) is 15. The first-order valence-electron chi connectivity index (χ1n) is 39.6. The summed E-state index contributed by atoms with van der Waals surface area (Å²) in [6, 6.07) is -3.97. The summed E-state index contributed by atoms with van der Waals surface area (Å²) in [7, 11) is 0.